The maximum Gasteiger partial charge on any atom is 0.275 e. The van der Waals surface area contributed by atoms with Crippen LogP contribution in [0.15, 0.2) is 41.3 Å². The van der Waals surface area contributed by atoms with E-state index in [0.717, 1.165) is 24.5 Å². The molecule has 2 heterocycles. The lowest BCUT2D eigenvalue weighted by atomic mass is 10.2. The number of aromatic nitrogens is 1. The van der Waals surface area contributed by atoms with Gasteiger partial charge in [0, 0.05) is 31.9 Å². The van der Waals surface area contributed by atoms with E-state index in [-0.39, 0.29) is 5.91 Å². The minimum Gasteiger partial charge on any atom is -0.497 e. The van der Waals surface area contributed by atoms with Crippen LogP contribution in [0.25, 0.3) is 0 Å². The van der Waals surface area contributed by atoms with Crippen molar-refractivity contribution in [3.05, 3.63) is 42.6 Å². The Labute approximate surface area is 122 Å². The van der Waals surface area contributed by atoms with Gasteiger partial charge >= 0.3 is 0 Å². The van der Waals surface area contributed by atoms with Gasteiger partial charge < -0.3 is 19.0 Å². The molecule has 3 rings (SSSR count). The third kappa shape index (κ3) is 2.84. The van der Waals surface area contributed by atoms with Crippen molar-refractivity contribution in [1.82, 2.24) is 9.88 Å². The van der Waals surface area contributed by atoms with Crippen LogP contribution < -0.4 is 9.64 Å². The maximum absolute atomic E-state index is 12.2. The fourth-order valence-corrected chi connectivity index (χ4v) is 2.44. The van der Waals surface area contributed by atoms with Crippen molar-refractivity contribution < 1.29 is 13.9 Å². The lowest BCUT2D eigenvalue weighted by molar-refractivity contribution is 0.0741. The first-order valence-electron chi connectivity index (χ1n) is 6.84. The summed E-state index contributed by atoms with van der Waals surface area (Å²) in [6.45, 7) is 2.96. The van der Waals surface area contributed by atoms with Crippen LogP contribution in [-0.2, 0) is 0 Å². The van der Waals surface area contributed by atoms with Crippen molar-refractivity contribution in [2.75, 3.05) is 38.2 Å². The summed E-state index contributed by atoms with van der Waals surface area (Å²) in [5.74, 6) is 0.775. The quantitative estimate of drug-likeness (QED) is 0.859. The van der Waals surface area contributed by atoms with Gasteiger partial charge in [-0.2, -0.15) is 0 Å². The van der Waals surface area contributed by atoms with Crippen molar-refractivity contribution in [2.45, 2.75) is 0 Å². The Hall–Kier alpha value is -2.50. The molecule has 1 aromatic carbocycles. The summed E-state index contributed by atoms with van der Waals surface area (Å²) < 4.78 is 10.0. The van der Waals surface area contributed by atoms with Crippen LogP contribution in [0.3, 0.4) is 0 Å². The van der Waals surface area contributed by atoms with Crippen LogP contribution in [-0.4, -0.2) is 49.1 Å². The first-order chi connectivity index (χ1) is 10.3. The fraction of sp³-hybridized carbons (Fsp3) is 0.333. The van der Waals surface area contributed by atoms with E-state index in [9.17, 15) is 4.79 Å². The third-order valence-electron chi connectivity index (χ3n) is 3.66. The Bertz CT molecular complexity index is 587. The first-order valence-corrected chi connectivity index (χ1v) is 6.84. The maximum atomic E-state index is 12.2. The molecule has 0 spiro atoms. The molecule has 6 heteroatoms. The van der Waals surface area contributed by atoms with E-state index in [0.29, 0.717) is 18.8 Å². The molecule has 0 aliphatic carbocycles. The predicted molar refractivity (Wildman–Crippen MR) is 77.6 cm³/mol. The lowest BCUT2D eigenvalue weighted by Crippen LogP contribution is -2.48. The van der Waals surface area contributed by atoms with E-state index < -0.39 is 0 Å². The minimum absolute atomic E-state index is 0.0712. The Morgan fingerprint density at radius 1 is 1.19 bits per heavy atom. The number of hydrogen-bond acceptors (Lipinski definition) is 5. The number of rotatable bonds is 3. The number of methoxy groups -OCH3 is 1. The minimum atomic E-state index is -0.0712. The largest absolute Gasteiger partial charge is 0.497 e. The van der Waals surface area contributed by atoms with Crippen molar-refractivity contribution in [2.24, 2.45) is 0 Å². The number of amides is 1. The smallest absolute Gasteiger partial charge is 0.275 e. The van der Waals surface area contributed by atoms with Crippen molar-refractivity contribution in [1.29, 1.82) is 0 Å². The van der Waals surface area contributed by atoms with Gasteiger partial charge in [0.15, 0.2) is 12.1 Å². The molecule has 21 heavy (non-hydrogen) atoms. The Morgan fingerprint density at radius 2 is 1.90 bits per heavy atom. The number of anilines is 1. The predicted octanol–water partition coefficient (Wildman–Crippen LogP) is 1.65. The Morgan fingerprint density at radius 3 is 2.48 bits per heavy atom. The van der Waals surface area contributed by atoms with E-state index in [1.165, 1.54) is 12.7 Å². The van der Waals surface area contributed by atoms with E-state index in [1.807, 2.05) is 24.3 Å². The van der Waals surface area contributed by atoms with Crippen molar-refractivity contribution >= 4 is 11.6 Å². The van der Waals surface area contributed by atoms with Gasteiger partial charge in [-0.25, -0.2) is 4.98 Å². The van der Waals surface area contributed by atoms with Gasteiger partial charge in [-0.15, -0.1) is 0 Å². The van der Waals surface area contributed by atoms with Crippen LogP contribution in [0, 0.1) is 0 Å². The number of oxazole rings is 1. The highest BCUT2D eigenvalue weighted by molar-refractivity contribution is 5.92. The van der Waals surface area contributed by atoms with Gasteiger partial charge in [0.1, 0.15) is 12.0 Å². The normalized spacial score (nSPS) is 15.1. The van der Waals surface area contributed by atoms with Crippen molar-refractivity contribution in [3.63, 3.8) is 0 Å². The summed E-state index contributed by atoms with van der Waals surface area (Å²) in [7, 11) is 1.66. The first kappa shape index (κ1) is 13.5. The van der Waals surface area contributed by atoms with Crippen molar-refractivity contribution in [3.8, 4) is 5.75 Å². The second-order valence-corrected chi connectivity index (χ2v) is 4.85. The molecule has 0 N–H and O–H groups in total. The van der Waals surface area contributed by atoms with Gasteiger partial charge in [-0.3, -0.25) is 4.79 Å². The molecule has 1 saturated heterocycles. The zero-order valence-electron chi connectivity index (χ0n) is 11.9. The standard InChI is InChI=1S/C15H17N3O3/c1-20-13-4-2-12(3-5-13)17-6-8-18(9-7-17)15(19)14-10-21-11-16-14/h2-5,10-11H,6-9H2,1H3. The summed E-state index contributed by atoms with van der Waals surface area (Å²) in [6.07, 6.45) is 2.67. The summed E-state index contributed by atoms with van der Waals surface area (Å²) in [5.41, 5.74) is 1.51. The fourth-order valence-electron chi connectivity index (χ4n) is 2.44. The number of hydrogen-bond donors (Lipinski definition) is 0. The highest BCUT2D eigenvalue weighted by Crippen LogP contribution is 2.20. The monoisotopic (exact) mass is 287 g/mol. The molecule has 2 aromatic rings. The average molecular weight is 287 g/mol. The number of benzene rings is 1. The van der Waals surface area contributed by atoms with Crippen LogP contribution in [0.5, 0.6) is 5.75 Å². The van der Waals surface area contributed by atoms with Gasteiger partial charge in [0.25, 0.3) is 5.91 Å². The second kappa shape index (κ2) is 5.87. The molecule has 0 radical (unpaired) electrons. The van der Waals surface area contributed by atoms with Crippen LogP contribution in [0.1, 0.15) is 10.5 Å². The molecule has 0 atom stereocenters. The van der Waals surface area contributed by atoms with Crippen LogP contribution in [0.2, 0.25) is 0 Å². The highest BCUT2D eigenvalue weighted by atomic mass is 16.5. The number of piperazine rings is 1. The van der Waals surface area contributed by atoms with E-state index in [4.69, 9.17) is 9.15 Å². The summed E-state index contributed by atoms with van der Waals surface area (Å²) in [6, 6.07) is 7.96. The molecule has 1 aliphatic heterocycles. The van der Waals surface area contributed by atoms with Crippen LogP contribution >= 0.6 is 0 Å². The van der Waals surface area contributed by atoms with Gasteiger partial charge in [-0.1, -0.05) is 0 Å². The Kier molecular flexibility index (Phi) is 3.77. The molecule has 0 bridgehead atoms. The summed E-state index contributed by atoms with van der Waals surface area (Å²) >= 11 is 0. The third-order valence-corrected chi connectivity index (χ3v) is 3.66. The topological polar surface area (TPSA) is 58.8 Å². The van der Waals surface area contributed by atoms with E-state index in [1.54, 1.807) is 12.0 Å². The number of nitrogens with zero attached hydrogens (tertiary/aromatic N) is 3. The molecule has 1 aromatic heterocycles. The number of carbonyl (C=O) groups is 1. The number of ether oxygens (including phenoxy) is 1. The molecule has 0 unspecified atom stereocenters. The lowest BCUT2D eigenvalue weighted by Gasteiger charge is -2.35. The van der Waals surface area contributed by atoms with Gasteiger partial charge in [0.2, 0.25) is 0 Å². The molecule has 1 aliphatic rings. The Balaban J connectivity index is 1.60. The average Bonchev–Trinajstić information content (AvgIpc) is 3.09. The summed E-state index contributed by atoms with van der Waals surface area (Å²) in [4.78, 5) is 20.1. The number of carbonyl (C=O) groups excluding carboxylic acids is 1. The molecular formula is C15H17N3O3. The van der Waals surface area contributed by atoms with Gasteiger partial charge in [-0.05, 0) is 24.3 Å². The molecule has 6 nitrogen and oxygen atoms in total. The SMILES string of the molecule is COc1ccc(N2CCN(C(=O)c3cocn3)CC2)cc1. The van der Waals surface area contributed by atoms with E-state index >= 15 is 0 Å². The second-order valence-electron chi connectivity index (χ2n) is 4.85. The molecule has 1 amide bonds. The zero-order valence-corrected chi connectivity index (χ0v) is 11.9. The van der Waals surface area contributed by atoms with Gasteiger partial charge in [0.05, 0.1) is 7.11 Å². The molecular weight excluding hydrogens is 270 g/mol. The summed E-state index contributed by atoms with van der Waals surface area (Å²) in [5, 5.41) is 0. The molecule has 1 fully saturated rings. The van der Waals surface area contributed by atoms with E-state index in [2.05, 4.69) is 9.88 Å². The zero-order chi connectivity index (χ0) is 14.7. The highest BCUT2D eigenvalue weighted by Gasteiger charge is 2.23. The van der Waals surface area contributed by atoms with Crippen LogP contribution in [0.4, 0.5) is 5.69 Å². The molecule has 0 saturated carbocycles. The molecule has 110 valence electrons.